The number of anilines is 1. The molecule has 19 heavy (non-hydrogen) atoms. The molecule has 1 aromatic heterocycles. The third-order valence-corrected chi connectivity index (χ3v) is 2.79. The molecule has 0 saturated carbocycles. The van der Waals surface area contributed by atoms with Gasteiger partial charge in [0.25, 0.3) is 5.91 Å². The van der Waals surface area contributed by atoms with Crippen LogP contribution in [0.15, 0.2) is 36.5 Å². The van der Waals surface area contributed by atoms with Crippen LogP contribution < -0.4 is 5.32 Å². The molecule has 1 heterocycles. The van der Waals surface area contributed by atoms with Gasteiger partial charge in [-0.3, -0.25) is 9.78 Å². The summed E-state index contributed by atoms with van der Waals surface area (Å²) in [7, 11) is 0. The highest BCUT2D eigenvalue weighted by molar-refractivity contribution is 6.05. The number of carbonyl (C=O) groups is 1. The molecule has 0 aliphatic carbocycles. The molecule has 0 atom stereocenters. The lowest BCUT2D eigenvalue weighted by molar-refractivity contribution is 0.102. The zero-order chi connectivity index (χ0) is 13.8. The van der Waals surface area contributed by atoms with E-state index in [1.165, 1.54) is 0 Å². The van der Waals surface area contributed by atoms with Gasteiger partial charge in [-0.05, 0) is 37.6 Å². The Kier molecular flexibility index (Phi) is 3.58. The van der Waals surface area contributed by atoms with E-state index in [-0.39, 0.29) is 5.91 Å². The largest absolute Gasteiger partial charge is 0.321 e. The van der Waals surface area contributed by atoms with Crippen molar-refractivity contribution in [2.24, 2.45) is 0 Å². The van der Waals surface area contributed by atoms with E-state index in [2.05, 4.69) is 16.4 Å². The first-order chi connectivity index (χ1) is 9.11. The normalized spacial score (nSPS) is 9.74. The Labute approximate surface area is 111 Å². The Morgan fingerprint density at radius 3 is 2.79 bits per heavy atom. The second kappa shape index (κ2) is 5.32. The van der Waals surface area contributed by atoms with Crippen LogP contribution in [0.3, 0.4) is 0 Å². The van der Waals surface area contributed by atoms with Crippen LogP contribution in [0, 0.1) is 25.2 Å². The minimum absolute atomic E-state index is 0.243. The predicted octanol–water partition coefficient (Wildman–Crippen LogP) is 2.82. The Morgan fingerprint density at radius 2 is 2.11 bits per heavy atom. The van der Waals surface area contributed by atoms with Crippen LogP contribution in [0.5, 0.6) is 0 Å². The lowest BCUT2D eigenvalue weighted by Crippen LogP contribution is -2.13. The molecule has 0 fully saturated rings. The highest BCUT2D eigenvalue weighted by Crippen LogP contribution is 2.19. The number of aromatic nitrogens is 1. The van der Waals surface area contributed by atoms with Gasteiger partial charge in [0.2, 0.25) is 0 Å². The molecule has 0 saturated heterocycles. The van der Waals surface area contributed by atoms with E-state index in [9.17, 15) is 4.79 Å². The Morgan fingerprint density at radius 1 is 1.32 bits per heavy atom. The maximum Gasteiger partial charge on any atom is 0.255 e. The molecular formula is C15H13N3O. The van der Waals surface area contributed by atoms with Gasteiger partial charge in [-0.25, -0.2) is 0 Å². The first-order valence-corrected chi connectivity index (χ1v) is 5.85. The predicted molar refractivity (Wildman–Crippen MR) is 72.8 cm³/mol. The molecule has 0 bridgehead atoms. The van der Waals surface area contributed by atoms with Crippen molar-refractivity contribution in [3.05, 3.63) is 58.9 Å². The molecule has 4 heteroatoms. The Balaban J connectivity index is 2.30. The van der Waals surface area contributed by atoms with Crippen LogP contribution in [-0.4, -0.2) is 10.9 Å². The summed E-state index contributed by atoms with van der Waals surface area (Å²) < 4.78 is 0. The number of nitrogens with one attached hydrogen (secondary N) is 1. The van der Waals surface area contributed by atoms with Crippen LogP contribution in [-0.2, 0) is 0 Å². The minimum atomic E-state index is -0.243. The number of amides is 1. The number of hydrogen-bond acceptors (Lipinski definition) is 3. The lowest BCUT2D eigenvalue weighted by atomic mass is 10.1. The van der Waals surface area contributed by atoms with Crippen molar-refractivity contribution in [1.82, 2.24) is 4.98 Å². The van der Waals surface area contributed by atoms with Crippen molar-refractivity contribution in [1.29, 1.82) is 5.26 Å². The summed E-state index contributed by atoms with van der Waals surface area (Å²) in [4.78, 5) is 16.1. The highest BCUT2D eigenvalue weighted by Gasteiger charge is 2.10. The summed E-state index contributed by atoms with van der Waals surface area (Å²) in [5.74, 6) is -0.243. The average Bonchev–Trinajstić information content (AvgIpc) is 2.39. The molecular weight excluding hydrogens is 238 g/mol. The van der Waals surface area contributed by atoms with Crippen LogP contribution in [0.2, 0.25) is 0 Å². The number of rotatable bonds is 2. The van der Waals surface area contributed by atoms with Crippen molar-refractivity contribution >= 4 is 11.6 Å². The van der Waals surface area contributed by atoms with Gasteiger partial charge in [0.1, 0.15) is 6.07 Å². The molecule has 0 unspecified atom stereocenters. The van der Waals surface area contributed by atoms with E-state index in [1.54, 1.807) is 24.4 Å². The second-order valence-corrected chi connectivity index (χ2v) is 4.25. The molecule has 1 amide bonds. The fourth-order valence-electron chi connectivity index (χ4n) is 1.80. The quantitative estimate of drug-likeness (QED) is 0.892. The number of nitriles is 1. The molecule has 1 N–H and O–H groups in total. The van der Waals surface area contributed by atoms with Crippen molar-refractivity contribution in [2.45, 2.75) is 13.8 Å². The van der Waals surface area contributed by atoms with Crippen LogP contribution in [0.1, 0.15) is 27.2 Å². The average molecular weight is 251 g/mol. The van der Waals surface area contributed by atoms with Gasteiger partial charge in [-0.2, -0.15) is 5.26 Å². The van der Waals surface area contributed by atoms with E-state index >= 15 is 0 Å². The molecule has 4 nitrogen and oxygen atoms in total. The number of benzene rings is 1. The number of aryl methyl sites for hydroxylation is 2. The first-order valence-electron chi connectivity index (χ1n) is 5.85. The van der Waals surface area contributed by atoms with Gasteiger partial charge in [0.05, 0.1) is 11.3 Å². The lowest BCUT2D eigenvalue weighted by Gasteiger charge is -2.08. The van der Waals surface area contributed by atoms with Gasteiger partial charge in [0, 0.05) is 17.5 Å². The van der Waals surface area contributed by atoms with Crippen molar-refractivity contribution in [3.8, 4) is 6.07 Å². The molecule has 1 aromatic carbocycles. The maximum atomic E-state index is 12.1. The molecule has 94 valence electrons. The standard InChI is InChI=1S/C15H13N3O/c1-10-4-3-5-14(13(10)9-16)18-15(19)12-6-7-17-11(2)8-12/h3-8H,1-2H3,(H,18,19). The molecule has 0 radical (unpaired) electrons. The summed E-state index contributed by atoms with van der Waals surface area (Å²) in [6.45, 7) is 3.66. The first kappa shape index (κ1) is 12.8. The van der Waals surface area contributed by atoms with E-state index in [4.69, 9.17) is 5.26 Å². The summed E-state index contributed by atoms with van der Waals surface area (Å²) in [5, 5.41) is 11.9. The summed E-state index contributed by atoms with van der Waals surface area (Å²) >= 11 is 0. The fraction of sp³-hybridized carbons (Fsp3) is 0.133. The van der Waals surface area contributed by atoms with Gasteiger partial charge >= 0.3 is 0 Å². The van der Waals surface area contributed by atoms with E-state index in [0.29, 0.717) is 16.8 Å². The number of pyridine rings is 1. The van der Waals surface area contributed by atoms with Crippen molar-refractivity contribution in [3.63, 3.8) is 0 Å². The van der Waals surface area contributed by atoms with Gasteiger partial charge in [0.15, 0.2) is 0 Å². The molecule has 0 spiro atoms. The zero-order valence-corrected chi connectivity index (χ0v) is 10.8. The maximum absolute atomic E-state index is 12.1. The van der Waals surface area contributed by atoms with Crippen molar-refractivity contribution < 1.29 is 4.79 Å². The number of carbonyl (C=O) groups excluding carboxylic acids is 1. The third kappa shape index (κ3) is 2.78. The third-order valence-electron chi connectivity index (χ3n) is 2.79. The monoisotopic (exact) mass is 251 g/mol. The zero-order valence-electron chi connectivity index (χ0n) is 10.8. The van der Waals surface area contributed by atoms with Gasteiger partial charge < -0.3 is 5.32 Å². The van der Waals surface area contributed by atoms with Gasteiger partial charge in [-0.15, -0.1) is 0 Å². The van der Waals surface area contributed by atoms with Crippen molar-refractivity contribution in [2.75, 3.05) is 5.32 Å². The van der Waals surface area contributed by atoms with Crippen LogP contribution in [0.25, 0.3) is 0 Å². The van der Waals surface area contributed by atoms with E-state index in [0.717, 1.165) is 11.3 Å². The Bertz CT molecular complexity index is 671. The summed E-state index contributed by atoms with van der Waals surface area (Å²) in [5.41, 5.74) is 3.16. The minimum Gasteiger partial charge on any atom is -0.321 e. The van der Waals surface area contributed by atoms with Crippen LogP contribution in [0.4, 0.5) is 5.69 Å². The smallest absolute Gasteiger partial charge is 0.255 e. The fourth-order valence-corrected chi connectivity index (χ4v) is 1.80. The van der Waals surface area contributed by atoms with E-state index in [1.807, 2.05) is 26.0 Å². The van der Waals surface area contributed by atoms with Gasteiger partial charge in [-0.1, -0.05) is 12.1 Å². The Hall–Kier alpha value is -2.67. The second-order valence-electron chi connectivity index (χ2n) is 4.25. The highest BCUT2D eigenvalue weighted by atomic mass is 16.1. The topological polar surface area (TPSA) is 65.8 Å². The SMILES string of the molecule is Cc1cc(C(=O)Nc2cccc(C)c2C#N)ccn1. The molecule has 2 aromatic rings. The molecule has 0 aliphatic rings. The van der Waals surface area contributed by atoms with E-state index < -0.39 is 0 Å². The summed E-state index contributed by atoms with van der Waals surface area (Å²) in [6.07, 6.45) is 1.59. The number of hydrogen-bond donors (Lipinski definition) is 1. The summed E-state index contributed by atoms with van der Waals surface area (Å²) in [6, 6.07) is 10.8. The molecule has 0 aliphatic heterocycles. The number of nitrogens with zero attached hydrogens (tertiary/aromatic N) is 2. The van der Waals surface area contributed by atoms with Crippen LogP contribution >= 0.6 is 0 Å². The molecule has 2 rings (SSSR count).